The van der Waals surface area contributed by atoms with Gasteiger partial charge in [-0.3, -0.25) is 4.79 Å². The molecule has 3 aromatic rings. The van der Waals surface area contributed by atoms with Crippen LogP contribution in [0.3, 0.4) is 0 Å². The molecule has 0 unspecified atom stereocenters. The van der Waals surface area contributed by atoms with E-state index in [-0.39, 0.29) is 11.9 Å². The molecule has 30 heavy (non-hydrogen) atoms. The van der Waals surface area contributed by atoms with Crippen LogP contribution in [-0.4, -0.2) is 45.8 Å². The second-order valence-electron chi connectivity index (χ2n) is 6.97. The first-order valence-electron chi connectivity index (χ1n) is 10.2. The van der Waals surface area contributed by atoms with Crippen LogP contribution in [0.2, 0.25) is 0 Å². The molecule has 1 aromatic heterocycles. The van der Waals surface area contributed by atoms with E-state index in [1.807, 2.05) is 45.0 Å². The fourth-order valence-corrected chi connectivity index (χ4v) is 3.09. The van der Waals surface area contributed by atoms with Gasteiger partial charge in [0, 0.05) is 12.6 Å². The molecule has 7 nitrogen and oxygen atoms in total. The average Bonchev–Trinajstić information content (AvgIpc) is 3.32. The summed E-state index contributed by atoms with van der Waals surface area (Å²) in [5.74, 6) is 1.18. The zero-order valence-corrected chi connectivity index (χ0v) is 17.9. The Labute approximate surface area is 177 Å². The minimum atomic E-state index is -0.103. The molecule has 0 N–H and O–H groups in total. The van der Waals surface area contributed by atoms with Crippen LogP contribution in [0.4, 0.5) is 0 Å². The van der Waals surface area contributed by atoms with Crippen molar-refractivity contribution in [3.8, 4) is 17.2 Å². The van der Waals surface area contributed by atoms with E-state index in [1.165, 1.54) is 6.33 Å². The van der Waals surface area contributed by atoms with Crippen molar-refractivity contribution in [1.82, 2.24) is 19.7 Å². The zero-order chi connectivity index (χ0) is 21.5. The van der Waals surface area contributed by atoms with Crippen molar-refractivity contribution in [1.29, 1.82) is 0 Å². The van der Waals surface area contributed by atoms with E-state index in [1.54, 1.807) is 41.2 Å². The Morgan fingerprint density at radius 3 is 2.50 bits per heavy atom. The molecule has 0 aliphatic rings. The first-order valence-corrected chi connectivity index (χ1v) is 10.2. The molecule has 3 rings (SSSR count). The van der Waals surface area contributed by atoms with Gasteiger partial charge < -0.3 is 14.4 Å². The van der Waals surface area contributed by atoms with Gasteiger partial charge in [0.1, 0.15) is 12.7 Å². The summed E-state index contributed by atoms with van der Waals surface area (Å²) in [5.41, 5.74) is 2.51. The van der Waals surface area contributed by atoms with Crippen molar-refractivity contribution < 1.29 is 14.3 Å². The summed E-state index contributed by atoms with van der Waals surface area (Å²) < 4.78 is 13.1. The molecule has 0 saturated carbocycles. The summed E-state index contributed by atoms with van der Waals surface area (Å²) >= 11 is 0. The van der Waals surface area contributed by atoms with E-state index >= 15 is 0 Å². The Bertz CT molecular complexity index is 955. The predicted molar refractivity (Wildman–Crippen MR) is 115 cm³/mol. The molecule has 0 saturated heterocycles. The molecule has 1 amide bonds. The Morgan fingerprint density at radius 1 is 1.10 bits per heavy atom. The third kappa shape index (κ3) is 4.79. The highest BCUT2D eigenvalue weighted by Gasteiger charge is 2.20. The molecule has 0 aliphatic carbocycles. The number of rotatable bonds is 9. The fourth-order valence-electron chi connectivity index (χ4n) is 3.09. The Morgan fingerprint density at radius 2 is 1.87 bits per heavy atom. The highest BCUT2D eigenvalue weighted by Crippen LogP contribution is 2.30. The van der Waals surface area contributed by atoms with Gasteiger partial charge in [-0.1, -0.05) is 19.1 Å². The summed E-state index contributed by atoms with van der Waals surface area (Å²) in [6, 6.07) is 13.2. The maximum absolute atomic E-state index is 13.1. The Balaban J connectivity index is 1.76. The monoisotopic (exact) mass is 408 g/mol. The van der Waals surface area contributed by atoms with Crippen molar-refractivity contribution in [2.24, 2.45) is 0 Å². The lowest BCUT2D eigenvalue weighted by Crippen LogP contribution is -2.29. The molecule has 0 aliphatic heterocycles. The summed E-state index contributed by atoms with van der Waals surface area (Å²) in [6.07, 6.45) is 4.05. The minimum absolute atomic E-state index is 0.0779. The van der Waals surface area contributed by atoms with Crippen LogP contribution < -0.4 is 9.47 Å². The number of carbonyl (C=O) groups is 1. The van der Waals surface area contributed by atoms with Crippen molar-refractivity contribution in [2.75, 3.05) is 20.3 Å². The Hall–Kier alpha value is -3.35. The lowest BCUT2D eigenvalue weighted by atomic mass is 10.1. The highest BCUT2D eigenvalue weighted by molar-refractivity contribution is 5.95. The number of benzene rings is 2. The van der Waals surface area contributed by atoms with Crippen LogP contribution in [-0.2, 0) is 0 Å². The molecule has 7 heteroatoms. The number of aromatic nitrogens is 3. The van der Waals surface area contributed by atoms with E-state index in [0.717, 1.165) is 17.7 Å². The standard InChI is InChI=1S/C23H28N4O3/c1-5-13-30-21-12-9-19(14-22(21)29-6-2)23(28)26(4)17(3)18-7-10-20(11-8-18)27-16-24-15-25-27/h7-12,14-17H,5-6,13H2,1-4H3/t17-/m1/s1. The van der Waals surface area contributed by atoms with E-state index in [0.29, 0.717) is 30.3 Å². The summed E-state index contributed by atoms with van der Waals surface area (Å²) in [6.45, 7) is 7.08. The second-order valence-corrected chi connectivity index (χ2v) is 6.97. The SMILES string of the molecule is CCCOc1ccc(C(=O)N(C)[C@H](C)c2ccc(-n3cncn3)cc2)cc1OCC. The second kappa shape index (κ2) is 9.91. The van der Waals surface area contributed by atoms with Gasteiger partial charge in [-0.2, -0.15) is 5.10 Å². The molecule has 0 radical (unpaired) electrons. The molecule has 158 valence electrons. The number of amides is 1. The van der Waals surface area contributed by atoms with E-state index < -0.39 is 0 Å². The fraction of sp³-hybridized carbons (Fsp3) is 0.348. The van der Waals surface area contributed by atoms with Gasteiger partial charge in [0.15, 0.2) is 11.5 Å². The predicted octanol–water partition coefficient (Wildman–Crippen LogP) is 4.29. The molecule has 1 heterocycles. The number of hydrogen-bond acceptors (Lipinski definition) is 5. The quantitative estimate of drug-likeness (QED) is 0.528. The average molecular weight is 409 g/mol. The van der Waals surface area contributed by atoms with Gasteiger partial charge >= 0.3 is 0 Å². The third-order valence-electron chi connectivity index (χ3n) is 4.91. The van der Waals surface area contributed by atoms with Crippen molar-refractivity contribution >= 4 is 5.91 Å². The van der Waals surface area contributed by atoms with Crippen LogP contribution in [0.15, 0.2) is 55.1 Å². The molecular weight excluding hydrogens is 380 g/mol. The van der Waals surface area contributed by atoms with Crippen LogP contribution in [0.5, 0.6) is 11.5 Å². The molecular formula is C23H28N4O3. The Kier molecular flexibility index (Phi) is 7.06. The van der Waals surface area contributed by atoms with E-state index in [2.05, 4.69) is 10.1 Å². The van der Waals surface area contributed by atoms with Gasteiger partial charge in [-0.15, -0.1) is 0 Å². The van der Waals surface area contributed by atoms with Crippen LogP contribution in [0.1, 0.15) is 49.2 Å². The largest absolute Gasteiger partial charge is 0.490 e. The maximum Gasteiger partial charge on any atom is 0.254 e. The molecule has 2 aromatic carbocycles. The van der Waals surface area contributed by atoms with Gasteiger partial charge in [-0.25, -0.2) is 9.67 Å². The first-order chi connectivity index (χ1) is 14.5. The number of carbonyl (C=O) groups excluding carboxylic acids is 1. The molecule has 0 spiro atoms. The van der Waals surface area contributed by atoms with Crippen molar-refractivity contribution in [2.45, 2.75) is 33.2 Å². The highest BCUT2D eigenvalue weighted by atomic mass is 16.5. The van der Waals surface area contributed by atoms with Gasteiger partial charge in [0.2, 0.25) is 0 Å². The third-order valence-corrected chi connectivity index (χ3v) is 4.91. The lowest BCUT2D eigenvalue weighted by molar-refractivity contribution is 0.0742. The summed E-state index contributed by atoms with van der Waals surface area (Å²) in [4.78, 5) is 18.8. The van der Waals surface area contributed by atoms with Crippen LogP contribution >= 0.6 is 0 Å². The smallest absolute Gasteiger partial charge is 0.254 e. The molecule has 0 fully saturated rings. The maximum atomic E-state index is 13.1. The number of ether oxygens (including phenoxy) is 2. The first kappa shape index (κ1) is 21.4. The van der Waals surface area contributed by atoms with Gasteiger partial charge in [0.05, 0.1) is 24.9 Å². The normalized spacial score (nSPS) is 11.7. The van der Waals surface area contributed by atoms with E-state index in [9.17, 15) is 4.79 Å². The minimum Gasteiger partial charge on any atom is -0.490 e. The summed E-state index contributed by atoms with van der Waals surface area (Å²) in [7, 11) is 1.81. The number of hydrogen-bond donors (Lipinski definition) is 0. The number of nitrogens with zero attached hydrogens (tertiary/aromatic N) is 4. The molecule has 0 bridgehead atoms. The summed E-state index contributed by atoms with van der Waals surface area (Å²) in [5, 5.41) is 4.13. The van der Waals surface area contributed by atoms with Gasteiger partial charge in [0.25, 0.3) is 5.91 Å². The zero-order valence-electron chi connectivity index (χ0n) is 17.9. The van der Waals surface area contributed by atoms with Crippen molar-refractivity contribution in [3.63, 3.8) is 0 Å². The molecule has 1 atom stereocenters. The van der Waals surface area contributed by atoms with Gasteiger partial charge in [-0.05, 0) is 56.2 Å². The van der Waals surface area contributed by atoms with E-state index in [4.69, 9.17) is 9.47 Å². The van der Waals surface area contributed by atoms with Crippen LogP contribution in [0, 0.1) is 0 Å². The lowest BCUT2D eigenvalue weighted by Gasteiger charge is -2.26. The topological polar surface area (TPSA) is 69.5 Å². The van der Waals surface area contributed by atoms with Crippen molar-refractivity contribution in [3.05, 3.63) is 66.2 Å². The van der Waals surface area contributed by atoms with Crippen LogP contribution in [0.25, 0.3) is 5.69 Å².